The van der Waals surface area contributed by atoms with E-state index in [1.54, 1.807) is 13.8 Å². The molecule has 0 amide bonds. The fourth-order valence-electron chi connectivity index (χ4n) is 0.694. The molecule has 0 aliphatic carbocycles. The summed E-state index contributed by atoms with van der Waals surface area (Å²) in [4.78, 5) is 32.5. The van der Waals surface area contributed by atoms with Crippen LogP contribution in [0.25, 0.3) is 0 Å². The third kappa shape index (κ3) is 4.55. The van der Waals surface area contributed by atoms with E-state index in [1.807, 2.05) is 0 Å². The molecular weight excluding hydrogens is 202 g/mol. The topological polar surface area (TPSA) is 107 Å². The van der Waals surface area contributed by atoms with Gasteiger partial charge in [0.2, 0.25) is 5.78 Å². The standard InChI is InChI=1S/C9H15NO5/c1-3-5(2)7(11)9(14)15-4-6(10)8(12)13/h5-6H,3-4,10H2,1-2H3,(H,12,13)/t5?,6-/m0/s1. The first kappa shape index (κ1) is 13.6. The smallest absolute Gasteiger partial charge is 0.374 e. The average Bonchev–Trinajstić information content (AvgIpc) is 2.22. The van der Waals surface area contributed by atoms with E-state index in [2.05, 4.69) is 4.74 Å². The van der Waals surface area contributed by atoms with Gasteiger partial charge in [-0.2, -0.15) is 0 Å². The van der Waals surface area contributed by atoms with Crippen molar-refractivity contribution >= 4 is 17.7 Å². The first-order valence-corrected chi connectivity index (χ1v) is 4.59. The molecule has 6 heteroatoms. The minimum Gasteiger partial charge on any atom is -0.480 e. The molecule has 0 spiro atoms. The van der Waals surface area contributed by atoms with Crippen LogP contribution in [0.5, 0.6) is 0 Å². The van der Waals surface area contributed by atoms with Crippen LogP contribution in [-0.4, -0.2) is 35.5 Å². The van der Waals surface area contributed by atoms with Crippen LogP contribution in [0.3, 0.4) is 0 Å². The third-order valence-corrected chi connectivity index (χ3v) is 1.97. The molecule has 6 nitrogen and oxygen atoms in total. The lowest BCUT2D eigenvalue weighted by molar-refractivity contribution is -0.157. The maximum atomic E-state index is 11.2. The first-order chi connectivity index (χ1) is 6.90. The molecule has 0 aliphatic heterocycles. The number of hydrogen-bond donors (Lipinski definition) is 2. The van der Waals surface area contributed by atoms with Gasteiger partial charge in [-0.05, 0) is 6.42 Å². The van der Waals surface area contributed by atoms with E-state index in [9.17, 15) is 14.4 Å². The number of carbonyl (C=O) groups is 3. The summed E-state index contributed by atoms with van der Waals surface area (Å²) in [5.41, 5.74) is 5.09. The molecule has 0 radical (unpaired) electrons. The molecule has 0 bridgehead atoms. The van der Waals surface area contributed by atoms with Gasteiger partial charge in [-0.1, -0.05) is 13.8 Å². The zero-order valence-electron chi connectivity index (χ0n) is 8.73. The van der Waals surface area contributed by atoms with Gasteiger partial charge in [0, 0.05) is 5.92 Å². The third-order valence-electron chi connectivity index (χ3n) is 1.97. The number of esters is 1. The molecule has 15 heavy (non-hydrogen) atoms. The van der Waals surface area contributed by atoms with Crippen LogP contribution >= 0.6 is 0 Å². The van der Waals surface area contributed by atoms with E-state index in [4.69, 9.17) is 10.8 Å². The molecule has 0 saturated heterocycles. The average molecular weight is 217 g/mol. The van der Waals surface area contributed by atoms with Gasteiger partial charge in [-0.3, -0.25) is 9.59 Å². The normalized spacial score (nSPS) is 14.1. The molecule has 0 aromatic carbocycles. The van der Waals surface area contributed by atoms with Crippen LogP contribution in [0.4, 0.5) is 0 Å². The Morgan fingerprint density at radius 2 is 1.93 bits per heavy atom. The van der Waals surface area contributed by atoms with Gasteiger partial charge in [-0.15, -0.1) is 0 Å². The number of aliphatic carboxylic acids is 1. The molecule has 0 aliphatic rings. The van der Waals surface area contributed by atoms with E-state index in [0.717, 1.165) is 0 Å². The highest BCUT2D eigenvalue weighted by atomic mass is 16.5. The lowest BCUT2D eigenvalue weighted by Crippen LogP contribution is -2.37. The number of carboxylic acids is 1. The zero-order valence-corrected chi connectivity index (χ0v) is 8.73. The van der Waals surface area contributed by atoms with Gasteiger partial charge in [0.05, 0.1) is 0 Å². The van der Waals surface area contributed by atoms with Crippen molar-refractivity contribution in [2.75, 3.05) is 6.61 Å². The molecular formula is C9H15NO5. The van der Waals surface area contributed by atoms with E-state index >= 15 is 0 Å². The van der Waals surface area contributed by atoms with Crippen LogP contribution in [0.2, 0.25) is 0 Å². The van der Waals surface area contributed by atoms with Gasteiger partial charge in [0.25, 0.3) is 0 Å². The molecule has 1 unspecified atom stereocenters. The number of Topliss-reactive ketones (excluding diaryl/α,β-unsaturated/α-hetero) is 1. The van der Waals surface area contributed by atoms with E-state index in [1.165, 1.54) is 0 Å². The minimum atomic E-state index is -1.29. The molecule has 86 valence electrons. The molecule has 0 aromatic heterocycles. The van der Waals surface area contributed by atoms with E-state index in [-0.39, 0.29) is 0 Å². The summed E-state index contributed by atoms with van der Waals surface area (Å²) < 4.78 is 4.46. The van der Waals surface area contributed by atoms with Gasteiger partial charge in [-0.25, -0.2) is 4.79 Å². The number of ether oxygens (including phenoxy) is 1. The van der Waals surface area contributed by atoms with Gasteiger partial charge in [0.15, 0.2) is 0 Å². The number of ketones is 1. The van der Waals surface area contributed by atoms with Crippen molar-refractivity contribution in [3.05, 3.63) is 0 Å². The van der Waals surface area contributed by atoms with Crippen molar-refractivity contribution in [2.24, 2.45) is 11.7 Å². The van der Waals surface area contributed by atoms with Crippen molar-refractivity contribution in [2.45, 2.75) is 26.3 Å². The monoisotopic (exact) mass is 217 g/mol. The van der Waals surface area contributed by atoms with Crippen LogP contribution in [0, 0.1) is 5.92 Å². The Labute approximate surface area is 87.4 Å². The van der Waals surface area contributed by atoms with Gasteiger partial charge >= 0.3 is 11.9 Å². The second kappa shape index (κ2) is 6.13. The number of hydrogen-bond acceptors (Lipinski definition) is 5. The van der Waals surface area contributed by atoms with Crippen molar-refractivity contribution in [3.63, 3.8) is 0 Å². The maximum Gasteiger partial charge on any atom is 0.374 e. The lowest BCUT2D eigenvalue weighted by Gasteiger charge is -2.09. The minimum absolute atomic E-state index is 0.418. The highest BCUT2D eigenvalue weighted by Gasteiger charge is 2.23. The summed E-state index contributed by atoms with van der Waals surface area (Å²) in [7, 11) is 0. The van der Waals surface area contributed by atoms with Crippen LogP contribution in [0.1, 0.15) is 20.3 Å². The fraction of sp³-hybridized carbons (Fsp3) is 0.667. The Morgan fingerprint density at radius 1 is 1.40 bits per heavy atom. The van der Waals surface area contributed by atoms with Crippen LogP contribution < -0.4 is 5.73 Å². The Kier molecular flexibility index (Phi) is 5.54. The summed E-state index contributed by atoms with van der Waals surface area (Å²) in [6, 6.07) is -1.29. The maximum absolute atomic E-state index is 11.2. The van der Waals surface area contributed by atoms with E-state index < -0.39 is 36.3 Å². The molecule has 0 aromatic rings. The first-order valence-electron chi connectivity index (χ1n) is 4.59. The van der Waals surface area contributed by atoms with E-state index in [0.29, 0.717) is 6.42 Å². The number of carbonyl (C=O) groups excluding carboxylic acids is 2. The summed E-state index contributed by atoms with van der Waals surface area (Å²) in [5, 5.41) is 8.39. The molecule has 0 rings (SSSR count). The lowest BCUT2D eigenvalue weighted by atomic mass is 10.0. The quantitative estimate of drug-likeness (QED) is 0.461. The number of nitrogens with two attached hydrogens (primary N) is 1. The predicted octanol–water partition coefficient (Wildman–Crippen LogP) is -0.443. The summed E-state index contributed by atoms with van der Waals surface area (Å²) in [5.74, 6) is -3.38. The van der Waals surface area contributed by atoms with Crippen LogP contribution in [0.15, 0.2) is 0 Å². The zero-order chi connectivity index (χ0) is 12.0. The molecule has 0 fully saturated rings. The fourth-order valence-corrected chi connectivity index (χ4v) is 0.694. The summed E-state index contributed by atoms with van der Waals surface area (Å²) in [6.45, 7) is 2.87. The number of rotatable bonds is 6. The largest absolute Gasteiger partial charge is 0.480 e. The Morgan fingerprint density at radius 3 is 2.33 bits per heavy atom. The molecule has 3 N–H and O–H groups in total. The highest BCUT2D eigenvalue weighted by molar-refractivity contribution is 6.34. The van der Waals surface area contributed by atoms with Gasteiger partial charge < -0.3 is 15.6 Å². The second-order valence-electron chi connectivity index (χ2n) is 3.22. The van der Waals surface area contributed by atoms with Crippen LogP contribution in [-0.2, 0) is 19.1 Å². The number of carboxylic acid groups (broad SMARTS) is 1. The summed E-state index contributed by atoms with van der Waals surface area (Å²) >= 11 is 0. The van der Waals surface area contributed by atoms with Crippen molar-refractivity contribution < 1.29 is 24.2 Å². The van der Waals surface area contributed by atoms with Crippen molar-refractivity contribution in [1.82, 2.24) is 0 Å². The van der Waals surface area contributed by atoms with Crippen molar-refractivity contribution in [3.8, 4) is 0 Å². The second-order valence-corrected chi connectivity index (χ2v) is 3.22. The Balaban J connectivity index is 4.04. The highest BCUT2D eigenvalue weighted by Crippen LogP contribution is 2.03. The summed E-state index contributed by atoms with van der Waals surface area (Å²) in [6.07, 6.45) is 0.527. The van der Waals surface area contributed by atoms with Gasteiger partial charge in [0.1, 0.15) is 12.6 Å². The SMILES string of the molecule is CCC(C)C(=O)C(=O)OC[C@H](N)C(=O)O. The Hall–Kier alpha value is -1.43. The molecule has 0 saturated carbocycles. The Bertz CT molecular complexity index is 263. The molecule has 2 atom stereocenters. The molecule has 0 heterocycles. The predicted molar refractivity (Wildman–Crippen MR) is 51.0 cm³/mol. The van der Waals surface area contributed by atoms with Crippen molar-refractivity contribution in [1.29, 1.82) is 0 Å².